The molecule has 7 nitrogen and oxygen atoms in total. The normalized spacial score (nSPS) is 16.4. The number of carboxylic acids is 2. The maximum atomic E-state index is 11.4. The number of ether oxygens (including phenoxy) is 1. The van der Waals surface area contributed by atoms with Crippen LogP contribution >= 0.6 is 11.3 Å². The van der Waals surface area contributed by atoms with Gasteiger partial charge in [0.25, 0.3) is 0 Å². The van der Waals surface area contributed by atoms with Gasteiger partial charge in [0.05, 0.1) is 30.0 Å². The lowest BCUT2D eigenvalue weighted by molar-refractivity contribution is -0.145. The van der Waals surface area contributed by atoms with Crippen LogP contribution in [0, 0.1) is 0 Å². The topological polar surface area (TPSA) is 100.0 Å². The molecule has 0 saturated carbocycles. The smallest absolute Gasteiger partial charge is 0.314 e. The molecule has 0 radical (unpaired) electrons. The Labute approximate surface area is 136 Å². The molecule has 0 spiro atoms. The van der Waals surface area contributed by atoms with E-state index in [0.717, 1.165) is 29.0 Å². The van der Waals surface area contributed by atoms with Crippen LogP contribution < -0.4 is 4.90 Å². The highest BCUT2D eigenvalue weighted by atomic mass is 32.1. The zero-order chi connectivity index (χ0) is 16.4. The van der Waals surface area contributed by atoms with Gasteiger partial charge in [-0.05, 0) is 12.1 Å². The number of rotatable bonds is 5. The fourth-order valence-electron chi connectivity index (χ4n) is 2.61. The van der Waals surface area contributed by atoms with Crippen molar-refractivity contribution in [1.29, 1.82) is 0 Å². The molecule has 0 amide bonds. The zero-order valence-electron chi connectivity index (χ0n) is 12.3. The number of aliphatic carboxylic acids is 2. The van der Waals surface area contributed by atoms with Crippen LogP contribution in [-0.2, 0) is 14.3 Å². The molecule has 0 aliphatic carbocycles. The van der Waals surface area contributed by atoms with Crippen molar-refractivity contribution in [3.8, 4) is 0 Å². The Kier molecular flexibility index (Phi) is 4.44. The molecule has 1 unspecified atom stereocenters. The van der Waals surface area contributed by atoms with Crippen LogP contribution in [0.1, 0.15) is 17.3 Å². The number of benzene rings is 1. The molecule has 1 aromatic carbocycles. The molecule has 1 fully saturated rings. The number of hydrogen-bond donors (Lipinski definition) is 2. The third-order valence-corrected chi connectivity index (χ3v) is 4.88. The minimum Gasteiger partial charge on any atom is -0.481 e. The van der Waals surface area contributed by atoms with Crippen molar-refractivity contribution in [2.45, 2.75) is 12.3 Å². The molecular formula is C15H16N2O5S. The molecule has 122 valence electrons. The van der Waals surface area contributed by atoms with Gasteiger partial charge < -0.3 is 19.8 Å². The van der Waals surface area contributed by atoms with E-state index in [4.69, 9.17) is 9.84 Å². The molecule has 1 aliphatic rings. The van der Waals surface area contributed by atoms with Gasteiger partial charge in [0, 0.05) is 13.1 Å². The van der Waals surface area contributed by atoms with Crippen LogP contribution in [-0.4, -0.2) is 53.4 Å². The van der Waals surface area contributed by atoms with Gasteiger partial charge in [-0.2, -0.15) is 0 Å². The predicted molar refractivity (Wildman–Crippen MR) is 85.3 cm³/mol. The summed E-state index contributed by atoms with van der Waals surface area (Å²) in [6, 6.07) is 5.73. The van der Waals surface area contributed by atoms with Crippen LogP contribution in [0.4, 0.5) is 5.69 Å². The summed E-state index contributed by atoms with van der Waals surface area (Å²) in [5.41, 5.74) is 1.67. The molecule has 23 heavy (non-hydrogen) atoms. The van der Waals surface area contributed by atoms with E-state index >= 15 is 0 Å². The van der Waals surface area contributed by atoms with Gasteiger partial charge in [0.2, 0.25) is 0 Å². The van der Waals surface area contributed by atoms with Crippen molar-refractivity contribution in [2.75, 3.05) is 31.2 Å². The first-order valence-corrected chi connectivity index (χ1v) is 8.04. The molecule has 2 N–H and O–H groups in total. The molecule has 2 aromatic rings. The SMILES string of the molecule is O=C(O)CC(C(=O)O)c1nc2c(N3CCOCC3)cccc2s1. The van der Waals surface area contributed by atoms with Crippen LogP contribution in [0.25, 0.3) is 10.2 Å². The number of para-hydroxylation sites is 1. The fraction of sp³-hybridized carbons (Fsp3) is 0.400. The van der Waals surface area contributed by atoms with Crippen molar-refractivity contribution in [3.63, 3.8) is 0 Å². The molecule has 1 aromatic heterocycles. The lowest BCUT2D eigenvalue weighted by Gasteiger charge is -2.28. The second-order valence-corrected chi connectivity index (χ2v) is 6.33. The van der Waals surface area contributed by atoms with E-state index in [-0.39, 0.29) is 0 Å². The lowest BCUT2D eigenvalue weighted by atomic mass is 10.1. The number of morpholine rings is 1. The summed E-state index contributed by atoms with van der Waals surface area (Å²) in [7, 11) is 0. The number of thiazole rings is 1. The van der Waals surface area contributed by atoms with Crippen LogP contribution in [0.5, 0.6) is 0 Å². The standard InChI is InChI=1S/C15H16N2O5S/c18-12(19)8-9(15(20)21)14-16-13-10(2-1-3-11(13)23-14)17-4-6-22-7-5-17/h1-3,9H,4-8H2,(H,18,19)(H,20,21). The zero-order valence-corrected chi connectivity index (χ0v) is 13.1. The summed E-state index contributed by atoms with van der Waals surface area (Å²) >= 11 is 1.24. The van der Waals surface area contributed by atoms with E-state index in [0.29, 0.717) is 18.2 Å². The van der Waals surface area contributed by atoms with Gasteiger partial charge >= 0.3 is 11.9 Å². The predicted octanol–water partition coefficient (Wildman–Crippen LogP) is 1.78. The van der Waals surface area contributed by atoms with Gasteiger partial charge in [-0.3, -0.25) is 9.59 Å². The van der Waals surface area contributed by atoms with Gasteiger partial charge in [-0.25, -0.2) is 4.98 Å². The molecule has 0 bridgehead atoms. The van der Waals surface area contributed by atoms with E-state index in [1.807, 2.05) is 18.2 Å². The second-order valence-electron chi connectivity index (χ2n) is 5.26. The van der Waals surface area contributed by atoms with Crippen LogP contribution in [0.15, 0.2) is 18.2 Å². The van der Waals surface area contributed by atoms with Crippen molar-refractivity contribution >= 4 is 39.2 Å². The van der Waals surface area contributed by atoms with E-state index in [9.17, 15) is 14.7 Å². The number of anilines is 1. The Morgan fingerprint density at radius 2 is 2.04 bits per heavy atom. The third-order valence-electron chi connectivity index (χ3n) is 3.74. The van der Waals surface area contributed by atoms with Gasteiger partial charge in [0.15, 0.2) is 0 Å². The summed E-state index contributed by atoms with van der Waals surface area (Å²) in [5.74, 6) is -3.44. The molecular weight excluding hydrogens is 320 g/mol. The van der Waals surface area contributed by atoms with Crippen molar-refractivity contribution < 1.29 is 24.5 Å². The highest BCUT2D eigenvalue weighted by molar-refractivity contribution is 7.18. The number of hydrogen-bond acceptors (Lipinski definition) is 6. The van der Waals surface area contributed by atoms with Crippen molar-refractivity contribution in [2.24, 2.45) is 0 Å². The molecule has 1 saturated heterocycles. The summed E-state index contributed by atoms with van der Waals surface area (Å²) in [6.45, 7) is 2.79. The first-order valence-electron chi connectivity index (χ1n) is 7.23. The monoisotopic (exact) mass is 336 g/mol. The maximum Gasteiger partial charge on any atom is 0.314 e. The van der Waals surface area contributed by atoms with Gasteiger partial charge in [-0.1, -0.05) is 6.07 Å². The number of carboxylic acid groups (broad SMARTS) is 2. The summed E-state index contributed by atoms with van der Waals surface area (Å²) in [5, 5.41) is 18.5. The van der Waals surface area contributed by atoms with Gasteiger partial charge in [0.1, 0.15) is 16.4 Å². The number of fused-ring (bicyclic) bond motifs is 1. The quantitative estimate of drug-likeness (QED) is 0.858. The Hall–Kier alpha value is -2.19. The first-order chi connectivity index (χ1) is 11.1. The van der Waals surface area contributed by atoms with E-state index < -0.39 is 24.3 Å². The number of carbonyl (C=O) groups is 2. The minimum atomic E-state index is -1.17. The molecule has 1 aliphatic heterocycles. The Bertz CT molecular complexity index is 739. The number of aromatic nitrogens is 1. The maximum absolute atomic E-state index is 11.4. The third kappa shape index (κ3) is 3.27. The average Bonchev–Trinajstić information content (AvgIpc) is 2.96. The molecule has 1 atom stereocenters. The highest BCUT2D eigenvalue weighted by Crippen LogP contribution is 2.35. The minimum absolute atomic E-state index is 0.329. The first kappa shape index (κ1) is 15.7. The van der Waals surface area contributed by atoms with E-state index in [1.165, 1.54) is 11.3 Å². The summed E-state index contributed by atoms with van der Waals surface area (Å²) in [6.07, 6.45) is -0.470. The Morgan fingerprint density at radius 3 is 2.70 bits per heavy atom. The molecule has 3 rings (SSSR count). The van der Waals surface area contributed by atoms with Crippen LogP contribution in [0.2, 0.25) is 0 Å². The molecule has 2 heterocycles. The van der Waals surface area contributed by atoms with E-state index in [1.54, 1.807) is 0 Å². The number of nitrogens with zero attached hydrogens (tertiary/aromatic N) is 2. The fourth-order valence-corrected chi connectivity index (χ4v) is 3.70. The average molecular weight is 336 g/mol. The van der Waals surface area contributed by atoms with Crippen molar-refractivity contribution in [1.82, 2.24) is 4.98 Å². The van der Waals surface area contributed by atoms with Gasteiger partial charge in [-0.15, -0.1) is 11.3 Å². The highest BCUT2D eigenvalue weighted by Gasteiger charge is 2.27. The van der Waals surface area contributed by atoms with E-state index in [2.05, 4.69) is 9.88 Å². The van der Waals surface area contributed by atoms with Crippen LogP contribution in [0.3, 0.4) is 0 Å². The largest absolute Gasteiger partial charge is 0.481 e. The summed E-state index contributed by atoms with van der Waals surface area (Å²) in [4.78, 5) is 28.9. The summed E-state index contributed by atoms with van der Waals surface area (Å²) < 4.78 is 6.21. The Balaban J connectivity index is 2.00. The Morgan fingerprint density at radius 1 is 1.30 bits per heavy atom. The van der Waals surface area contributed by atoms with Crippen molar-refractivity contribution in [3.05, 3.63) is 23.2 Å². The second kappa shape index (κ2) is 6.51. The lowest BCUT2D eigenvalue weighted by Crippen LogP contribution is -2.36. The molecule has 8 heteroatoms.